The number of fused-ring (bicyclic) bond motifs is 2. The van der Waals surface area contributed by atoms with E-state index in [-0.39, 0.29) is 0 Å². The smallest absolute Gasteiger partial charge is 0.231 e. The molecule has 1 aromatic rings. The molecule has 106 valence electrons. The van der Waals surface area contributed by atoms with Crippen molar-refractivity contribution in [2.24, 2.45) is 11.8 Å². The second kappa shape index (κ2) is 5.23. The first kappa shape index (κ1) is 13.1. The van der Waals surface area contributed by atoms with Crippen LogP contribution in [0.15, 0.2) is 4.52 Å². The molecule has 5 atom stereocenters. The quantitative estimate of drug-likeness (QED) is 0.887. The molecule has 4 heteroatoms. The van der Waals surface area contributed by atoms with Crippen molar-refractivity contribution in [2.45, 2.75) is 63.8 Å². The summed E-state index contributed by atoms with van der Waals surface area (Å²) in [5, 5.41) is 7.58. The SMILES string of the molecule is CCC(c1nc(C2CC3CCC2C3)no1)C(C)NC. The molecule has 2 aliphatic rings. The van der Waals surface area contributed by atoms with Crippen LogP contribution in [0.1, 0.15) is 69.5 Å². The Kier molecular flexibility index (Phi) is 3.61. The fourth-order valence-corrected chi connectivity index (χ4v) is 4.05. The number of nitrogens with one attached hydrogen (secondary N) is 1. The fourth-order valence-electron chi connectivity index (χ4n) is 4.05. The topological polar surface area (TPSA) is 51.0 Å². The van der Waals surface area contributed by atoms with E-state index in [9.17, 15) is 0 Å². The van der Waals surface area contributed by atoms with Crippen LogP contribution in [0.3, 0.4) is 0 Å². The molecule has 1 aromatic heterocycles. The number of rotatable bonds is 5. The lowest BCUT2D eigenvalue weighted by atomic mass is 9.88. The number of likely N-dealkylation sites (N-methyl/N-ethyl adjacent to an activating group) is 1. The lowest BCUT2D eigenvalue weighted by Crippen LogP contribution is -2.28. The molecule has 2 aliphatic carbocycles. The van der Waals surface area contributed by atoms with Gasteiger partial charge in [0.1, 0.15) is 0 Å². The van der Waals surface area contributed by atoms with E-state index in [1.165, 1.54) is 25.7 Å². The van der Waals surface area contributed by atoms with Gasteiger partial charge in [-0.15, -0.1) is 0 Å². The van der Waals surface area contributed by atoms with Gasteiger partial charge in [0.25, 0.3) is 0 Å². The minimum atomic E-state index is 0.324. The first-order valence-corrected chi connectivity index (χ1v) is 7.73. The highest BCUT2D eigenvalue weighted by molar-refractivity contribution is 5.08. The Hall–Kier alpha value is -0.900. The molecule has 0 saturated heterocycles. The van der Waals surface area contributed by atoms with Gasteiger partial charge in [-0.3, -0.25) is 0 Å². The molecule has 2 fully saturated rings. The highest BCUT2D eigenvalue weighted by Crippen LogP contribution is 2.52. The molecule has 0 aromatic carbocycles. The molecule has 1 heterocycles. The van der Waals surface area contributed by atoms with E-state index in [4.69, 9.17) is 9.51 Å². The second-order valence-corrected chi connectivity index (χ2v) is 6.36. The summed E-state index contributed by atoms with van der Waals surface area (Å²) < 4.78 is 5.56. The third kappa shape index (κ3) is 2.31. The Labute approximate surface area is 115 Å². The van der Waals surface area contributed by atoms with Gasteiger partial charge in [-0.05, 0) is 51.5 Å². The second-order valence-electron chi connectivity index (χ2n) is 6.36. The van der Waals surface area contributed by atoms with Gasteiger partial charge in [0.15, 0.2) is 5.82 Å². The lowest BCUT2D eigenvalue weighted by Gasteiger charge is -2.19. The summed E-state index contributed by atoms with van der Waals surface area (Å²) in [7, 11) is 1.99. The zero-order valence-corrected chi connectivity index (χ0v) is 12.2. The van der Waals surface area contributed by atoms with E-state index in [0.717, 1.165) is 30.0 Å². The Morgan fingerprint density at radius 1 is 1.37 bits per heavy atom. The molecule has 1 N–H and O–H groups in total. The summed E-state index contributed by atoms with van der Waals surface area (Å²) in [6.07, 6.45) is 6.48. The third-order valence-corrected chi connectivity index (χ3v) is 5.34. The maximum Gasteiger partial charge on any atom is 0.231 e. The van der Waals surface area contributed by atoms with Crippen LogP contribution in [0.5, 0.6) is 0 Å². The summed E-state index contributed by atoms with van der Waals surface area (Å²) in [4.78, 5) is 4.73. The number of nitrogens with zero attached hydrogens (tertiary/aromatic N) is 2. The van der Waals surface area contributed by atoms with Crippen LogP contribution in [0.25, 0.3) is 0 Å². The van der Waals surface area contributed by atoms with Crippen molar-refractivity contribution in [1.82, 2.24) is 15.5 Å². The van der Waals surface area contributed by atoms with Gasteiger partial charge in [-0.2, -0.15) is 4.98 Å². The van der Waals surface area contributed by atoms with Crippen LogP contribution in [0.2, 0.25) is 0 Å². The van der Waals surface area contributed by atoms with Gasteiger partial charge in [-0.25, -0.2) is 0 Å². The van der Waals surface area contributed by atoms with Crippen molar-refractivity contribution in [3.05, 3.63) is 11.7 Å². The molecule has 0 radical (unpaired) electrons. The van der Waals surface area contributed by atoms with E-state index in [1.54, 1.807) is 0 Å². The average Bonchev–Trinajstić information content (AvgIpc) is 3.14. The maximum absolute atomic E-state index is 5.56. The minimum Gasteiger partial charge on any atom is -0.339 e. The van der Waals surface area contributed by atoms with Gasteiger partial charge >= 0.3 is 0 Å². The fraction of sp³-hybridized carbons (Fsp3) is 0.867. The maximum atomic E-state index is 5.56. The van der Waals surface area contributed by atoms with Crippen molar-refractivity contribution in [1.29, 1.82) is 0 Å². The Morgan fingerprint density at radius 3 is 2.79 bits per heavy atom. The molecule has 0 spiro atoms. The molecule has 5 unspecified atom stereocenters. The Balaban J connectivity index is 1.75. The van der Waals surface area contributed by atoms with Crippen LogP contribution in [-0.4, -0.2) is 23.2 Å². The standard InChI is InChI=1S/C15H25N3O/c1-4-12(9(2)16-3)15-17-14(18-19-15)13-8-10-5-6-11(13)7-10/h9-13,16H,4-8H2,1-3H3. The van der Waals surface area contributed by atoms with Gasteiger partial charge in [0, 0.05) is 12.0 Å². The average molecular weight is 263 g/mol. The molecular weight excluding hydrogens is 238 g/mol. The summed E-state index contributed by atoms with van der Waals surface area (Å²) in [6, 6.07) is 0.373. The summed E-state index contributed by atoms with van der Waals surface area (Å²) in [5.74, 6) is 4.43. The molecule has 19 heavy (non-hydrogen) atoms. The van der Waals surface area contributed by atoms with E-state index < -0.39 is 0 Å². The zero-order valence-electron chi connectivity index (χ0n) is 12.2. The lowest BCUT2D eigenvalue weighted by molar-refractivity contribution is 0.313. The highest BCUT2D eigenvalue weighted by Gasteiger charge is 2.42. The first-order valence-electron chi connectivity index (χ1n) is 7.73. The van der Waals surface area contributed by atoms with Crippen LogP contribution in [0, 0.1) is 11.8 Å². The van der Waals surface area contributed by atoms with Crippen molar-refractivity contribution >= 4 is 0 Å². The van der Waals surface area contributed by atoms with Crippen molar-refractivity contribution in [3.63, 3.8) is 0 Å². The van der Waals surface area contributed by atoms with Crippen molar-refractivity contribution in [3.8, 4) is 0 Å². The predicted molar refractivity (Wildman–Crippen MR) is 74.0 cm³/mol. The summed E-state index contributed by atoms with van der Waals surface area (Å²) >= 11 is 0. The molecule has 3 rings (SSSR count). The van der Waals surface area contributed by atoms with Crippen molar-refractivity contribution < 1.29 is 4.52 Å². The molecule has 4 nitrogen and oxygen atoms in total. The van der Waals surface area contributed by atoms with Crippen LogP contribution in [0.4, 0.5) is 0 Å². The Morgan fingerprint density at radius 2 is 2.21 bits per heavy atom. The molecule has 2 bridgehead atoms. The largest absolute Gasteiger partial charge is 0.339 e. The van der Waals surface area contributed by atoms with Gasteiger partial charge in [0.2, 0.25) is 5.89 Å². The summed E-state index contributed by atoms with van der Waals surface area (Å²) in [6.45, 7) is 4.36. The Bertz CT molecular complexity index is 414. The number of hydrogen-bond acceptors (Lipinski definition) is 4. The monoisotopic (exact) mass is 263 g/mol. The van der Waals surface area contributed by atoms with Crippen LogP contribution >= 0.6 is 0 Å². The van der Waals surface area contributed by atoms with Gasteiger partial charge in [-0.1, -0.05) is 18.5 Å². The first-order chi connectivity index (χ1) is 9.22. The predicted octanol–water partition coefficient (Wildman–Crippen LogP) is 3.07. The normalized spacial score (nSPS) is 32.7. The zero-order chi connectivity index (χ0) is 13.4. The highest BCUT2D eigenvalue weighted by atomic mass is 16.5. The van der Waals surface area contributed by atoms with Crippen LogP contribution in [-0.2, 0) is 0 Å². The molecule has 2 saturated carbocycles. The van der Waals surface area contributed by atoms with E-state index in [0.29, 0.717) is 17.9 Å². The number of hydrogen-bond donors (Lipinski definition) is 1. The molecule has 0 aliphatic heterocycles. The van der Waals surface area contributed by atoms with E-state index in [2.05, 4.69) is 24.3 Å². The molecular formula is C15H25N3O. The van der Waals surface area contributed by atoms with Crippen LogP contribution < -0.4 is 5.32 Å². The van der Waals surface area contributed by atoms with E-state index >= 15 is 0 Å². The minimum absolute atomic E-state index is 0.324. The number of aromatic nitrogens is 2. The van der Waals surface area contributed by atoms with Crippen molar-refractivity contribution in [2.75, 3.05) is 7.05 Å². The van der Waals surface area contributed by atoms with Gasteiger partial charge < -0.3 is 9.84 Å². The van der Waals surface area contributed by atoms with E-state index in [1.807, 2.05) is 7.05 Å². The van der Waals surface area contributed by atoms with Gasteiger partial charge in [0.05, 0.1) is 5.92 Å². The molecule has 0 amide bonds. The summed E-state index contributed by atoms with van der Waals surface area (Å²) in [5.41, 5.74) is 0. The third-order valence-electron chi connectivity index (χ3n) is 5.34.